The first-order valence-corrected chi connectivity index (χ1v) is 9.10. The number of hydrogen-bond acceptors (Lipinski definition) is 4. The molecule has 0 spiro atoms. The van der Waals surface area contributed by atoms with Crippen molar-refractivity contribution in [1.82, 2.24) is 9.88 Å². The highest BCUT2D eigenvalue weighted by atomic mass is 16.3. The van der Waals surface area contributed by atoms with E-state index >= 15 is 0 Å². The van der Waals surface area contributed by atoms with Crippen LogP contribution < -0.4 is 0 Å². The number of likely N-dealkylation sites (tertiary alicyclic amines) is 1. The van der Waals surface area contributed by atoms with Crippen LogP contribution in [0.25, 0.3) is 0 Å². The summed E-state index contributed by atoms with van der Waals surface area (Å²) >= 11 is 0. The van der Waals surface area contributed by atoms with E-state index < -0.39 is 0 Å². The molecule has 2 aliphatic rings. The minimum atomic E-state index is 0.0168. The number of carbonyl (C=O) groups is 2. The third kappa shape index (κ3) is 3.94. The molecule has 5 heteroatoms. The summed E-state index contributed by atoms with van der Waals surface area (Å²) in [5.74, 6) is 0.482. The zero-order chi connectivity index (χ0) is 16.9. The highest BCUT2D eigenvalue weighted by Gasteiger charge is 2.36. The monoisotopic (exact) mass is 330 g/mol. The number of aromatic nitrogens is 1. The predicted molar refractivity (Wildman–Crippen MR) is 90.5 cm³/mol. The van der Waals surface area contributed by atoms with E-state index in [1.807, 2.05) is 4.90 Å². The smallest absolute Gasteiger partial charge is 0.227 e. The minimum absolute atomic E-state index is 0.0168. The summed E-state index contributed by atoms with van der Waals surface area (Å²) in [6.45, 7) is 0.736. The van der Waals surface area contributed by atoms with Gasteiger partial charge in [-0.1, -0.05) is 19.3 Å². The summed E-state index contributed by atoms with van der Waals surface area (Å²) in [5, 5.41) is 9.54. The summed E-state index contributed by atoms with van der Waals surface area (Å²) in [6, 6.07) is 1.64. The first-order valence-electron chi connectivity index (χ1n) is 9.10. The summed E-state index contributed by atoms with van der Waals surface area (Å²) in [6.07, 6.45) is 11.0. The van der Waals surface area contributed by atoms with E-state index in [0.717, 1.165) is 57.1 Å². The van der Waals surface area contributed by atoms with Gasteiger partial charge in [0.2, 0.25) is 5.91 Å². The fourth-order valence-electron chi connectivity index (χ4n) is 4.13. The molecule has 1 saturated heterocycles. The topological polar surface area (TPSA) is 70.5 Å². The molecule has 1 N–H and O–H groups in total. The zero-order valence-corrected chi connectivity index (χ0v) is 14.1. The van der Waals surface area contributed by atoms with Crippen molar-refractivity contribution in [2.45, 2.75) is 63.8 Å². The lowest BCUT2D eigenvalue weighted by molar-refractivity contribution is -0.137. The number of carbonyl (C=O) groups excluding carboxylic acids is 2. The molecule has 1 aliphatic heterocycles. The van der Waals surface area contributed by atoms with Crippen molar-refractivity contribution in [1.29, 1.82) is 0 Å². The summed E-state index contributed by atoms with van der Waals surface area (Å²) < 4.78 is 0. The van der Waals surface area contributed by atoms with E-state index in [0.29, 0.717) is 12.2 Å². The van der Waals surface area contributed by atoms with Gasteiger partial charge in [0.15, 0.2) is 0 Å². The molecule has 0 aromatic carbocycles. The number of nitrogens with zero attached hydrogens (tertiary/aromatic N) is 2. The molecular weight excluding hydrogens is 304 g/mol. The second-order valence-electron chi connectivity index (χ2n) is 7.05. The molecule has 2 heterocycles. The Morgan fingerprint density at radius 3 is 2.79 bits per heavy atom. The Kier molecular flexibility index (Phi) is 5.48. The van der Waals surface area contributed by atoms with Crippen LogP contribution in [0.4, 0.5) is 0 Å². The quantitative estimate of drug-likeness (QED) is 0.925. The second-order valence-corrected chi connectivity index (χ2v) is 7.05. The average molecular weight is 330 g/mol. The number of Topliss-reactive ketones (excluding diaryl/α,β-unsaturated/α-hetero) is 1. The number of rotatable bonds is 3. The van der Waals surface area contributed by atoms with Crippen molar-refractivity contribution in [3.8, 4) is 5.75 Å². The van der Waals surface area contributed by atoms with Crippen molar-refractivity contribution < 1.29 is 14.7 Å². The van der Waals surface area contributed by atoms with E-state index in [4.69, 9.17) is 0 Å². The van der Waals surface area contributed by atoms with E-state index in [1.165, 1.54) is 6.20 Å². The van der Waals surface area contributed by atoms with Gasteiger partial charge in [0.1, 0.15) is 11.5 Å². The highest BCUT2D eigenvalue weighted by Crippen LogP contribution is 2.31. The molecule has 2 unspecified atom stereocenters. The molecule has 130 valence electrons. The minimum Gasteiger partial charge on any atom is -0.506 e. The van der Waals surface area contributed by atoms with E-state index in [-0.39, 0.29) is 30.0 Å². The number of hydrogen-bond donors (Lipinski definition) is 1. The number of pyridine rings is 1. The normalized spacial score (nSPS) is 25.3. The van der Waals surface area contributed by atoms with Crippen LogP contribution in [0, 0.1) is 5.92 Å². The molecule has 1 saturated carbocycles. The van der Waals surface area contributed by atoms with Crippen LogP contribution in [0.15, 0.2) is 18.5 Å². The highest BCUT2D eigenvalue weighted by molar-refractivity contribution is 5.84. The molecule has 24 heavy (non-hydrogen) atoms. The number of aromatic hydroxyl groups is 1. The van der Waals surface area contributed by atoms with Gasteiger partial charge >= 0.3 is 0 Å². The molecule has 2 atom stereocenters. The van der Waals surface area contributed by atoms with Gasteiger partial charge in [0, 0.05) is 31.1 Å². The first-order chi connectivity index (χ1) is 11.6. The zero-order valence-electron chi connectivity index (χ0n) is 14.1. The molecule has 5 nitrogen and oxygen atoms in total. The molecule has 3 rings (SSSR count). The summed E-state index contributed by atoms with van der Waals surface area (Å²) in [4.78, 5) is 31.2. The second kappa shape index (κ2) is 7.77. The van der Waals surface area contributed by atoms with Crippen molar-refractivity contribution >= 4 is 11.7 Å². The van der Waals surface area contributed by atoms with Crippen LogP contribution in [-0.2, 0) is 16.0 Å². The number of ketones is 1. The lowest BCUT2D eigenvalue weighted by Crippen LogP contribution is -2.47. The van der Waals surface area contributed by atoms with Gasteiger partial charge in [-0.05, 0) is 37.3 Å². The standard InChI is InChI=1S/C19H26N2O3/c22-15-10-14(12-20-13-15)11-19(24)21-9-5-1-2-7-17(21)16-6-3-4-8-18(16)23/h10,12-13,16-17,22H,1-9,11H2. The van der Waals surface area contributed by atoms with Crippen LogP contribution in [0.1, 0.15) is 56.9 Å². The van der Waals surface area contributed by atoms with E-state index in [9.17, 15) is 14.7 Å². The predicted octanol–water partition coefficient (Wildman–Crippen LogP) is 2.86. The van der Waals surface area contributed by atoms with Gasteiger partial charge in [-0.3, -0.25) is 14.6 Å². The molecule has 0 radical (unpaired) electrons. The third-order valence-electron chi connectivity index (χ3n) is 5.32. The van der Waals surface area contributed by atoms with Gasteiger partial charge in [0.25, 0.3) is 0 Å². The maximum absolute atomic E-state index is 12.9. The van der Waals surface area contributed by atoms with Crippen LogP contribution in [0.5, 0.6) is 5.75 Å². The first kappa shape index (κ1) is 16.9. The maximum Gasteiger partial charge on any atom is 0.227 e. The van der Waals surface area contributed by atoms with Crippen molar-refractivity contribution in [3.05, 3.63) is 24.0 Å². The molecular formula is C19H26N2O3. The Balaban J connectivity index is 1.76. The Hall–Kier alpha value is -1.91. The molecule has 1 aromatic heterocycles. The Morgan fingerprint density at radius 2 is 2.00 bits per heavy atom. The molecule has 0 bridgehead atoms. The average Bonchev–Trinajstić information content (AvgIpc) is 2.81. The lowest BCUT2D eigenvalue weighted by Gasteiger charge is -2.37. The summed E-state index contributed by atoms with van der Waals surface area (Å²) in [5.41, 5.74) is 0.720. The molecule has 1 aliphatic carbocycles. The largest absolute Gasteiger partial charge is 0.506 e. The maximum atomic E-state index is 12.9. The van der Waals surface area contributed by atoms with Crippen molar-refractivity contribution in [2.24, 2.45) is 5.92 Å². The lowest BCUT2D eigenvalue weighted by atomic mass is 9.80. The van der Waals surface area contributed by atoms with Gasteiger partial charge < -0.3 is 10.0 Å². The van der Waals surface area contributed by atoms with Crippen LogP contribution >= 0.6 is 0 Å². The fourth-order valence-corrected chi connectivity index (χ4v) is 4.13. The van der Waals surface area contributed by atoms with E-state index in [2.05, 4.69) is 4.98 Å². The van der Waals surface area contributed by atoms with Gasteiger partial charge in [-0.2, -0.15) is 0 Å². The Bertz CT molecular complexity index is 602. The van der Waals surface area contributed by atoms with Crippen LogP contribution in [-0.4, -0.2) is 39.3 Å². The van der Waals surface area contributed by atoms with Gasteiger partial charge in [-0.25, -0.2) is 0 Å². The molecule has 1 amide bonds. The number of amides is 1. The summed E-state index contributed by atoms with van der Waals surface area (Å²) in [7, 11) is 0. The SMILES string of the molecule is O=C1CCCCC1C1CCCCCN1C(=O)Cc1cncc(O)c1. The van der Waals surface area contributed by atoms with Crippen molar-refractivity contribution in [2.75, 3.05) is 6.54 Å². The Labute approximate surface area is 143 Å². The molecule has 1 aromatic rings. The van der Waals surface area contributed by atoms with Crippen LogP contribution in [0.3, 0.4) is 0 Å². The third-order valence-corrected chi connectivity index (χ3v) is 5.32. The van der Waals surface area contributed by atoms with Crippen molar-refractivity contribution in [3.63, 3.8) is 0 Å². The fraction of sp³-hybridized carbons (Fsp3) is 0.632. The van der Waals surface area contributed by atoms with Gasteiger partial charge in [-0.15, -0.1) is 0 Å². The Morgan fingerprint density at radius 1 is 1.17 bits per heavy atom. The van der Waals surface area contributed by atoms with E-state index in [1.54, 1.807) is 12.3 Å². The van der Waals surface area contributed by atoms with Gasteiger partial charge in [0.05, 0.1) is 12.6 Å². The molecule has 2 fully saturated rings. The van der Waals surface area contributed by atoms with Crippen LogP contribution in [0.2, 0.25) is 0 Å².